The zero-order valence-electron chi connectivity index (χ0n) is 11.4. The molecule has 1 N–H and O–H groups in total. The van der Waals surface area contributed by atoms with E-state index in [0.717, 1.165) is 18.7 Å². The monoisotopic (exact) mass is 283 g/mol. The maximum absolute atomic E-state index is 11.8. The molecule has 1 saturated heterocycles. The van der Waals surface area contributed by atoms with Gasteiger partial charge in [-0.15, -0.1) is 0 Å². The summed E-state index contributed by atoms with van der Waals surface area (Å²) < 4.78 is 23.5. The van der Waals surface area contributed by atoms with Crippen LogP contribution in [-0.2, 0) is 9.84 Å². The van der Waals surface area contributed by atoms with E-state index in [-0.39, 0.29) is 18.4 Å². The summed E-state index contributed by atoms with van der Waals surface area (Å²) in [7, 11) is -3.14. The molecule has 106 valence electrons. The van der Waals surface area contributed by atoms with Crippen molar-refractivity contribution in [3.63, 3.8) is 0 Å². The molecule has 1 fully saturated rings. The van der Waals surface area contributed by atoms with Gasteiger partial charge in [-0.3, -0.25) is 0 Å². The number of nitrogens with zero attached hydrogens (tertiary/aromatic N) is 1. The van der Waals surface area contributed by atoms with Crippen molar-refractivity contribution in [3.8, 4) is 0 Å². The van der Waals surface area contributed by atoms with Crippen molar-refractivity contribution in [3.05, 3.63) is 24.3 Å². The van der Waals surface area contributed by atoms with E-state index in [1.165, 1.54) is 0 Å². The second kappa shape index (κ2) is 5.51. The fourth-order valence-electron chi connectivity index (χ4n) is 2.62. The topological polar surface area (TPSA) is 57.6 Å². The molecule has 2 unspecified atom stereocenters. The van der Waals surface area contributed by atoms with E-state index in [4.69, 9.17) is 0 Å². The molecule has 0 radical (unpaired) electrons. The third kappa shape index (κ3) is 2.77. The van der Waals surface area contributed by atoms with Gasteiger partial charge in [0, 0.05) is 12.2 Å². The van der Waals surface area contributed by atoms with Crippen LogP contribution in [0.15, 0.2) is 29.2 Å². The number of sulfone groups is 1. The van der Waals surface area contributed by atoms with E-state index in [9.17, 15) is 13.5 Å². The molecule has 0 aromatic heterocycles. The number of hydrogen-bond donors (Lipinski definition) is 1. The van der Waals surface area contributed by atoms with Crippen LogP contribution in [0, 0.1) is 5.92 Å². The van der Waals surface area contributed by atoms with Gasteiger partial charge in [0.25, 0.3) is 0 Å². The Morgan fingerprint density at radius 1 is 1.32 bits per heavy atom. The van der Waals surface area contributed by atoms with Gasteiger partial charge in [0.05, 0.1) is 23.3 Å². The fourth-order valence-corrected chi connectivity index (χ4v) is 3.50. The number of benzene rings is 1. The van der Waals surface area contributed by atoms with Gasteiger partial charge in [0.1, 0.15) is 0 Å². The maximum atomic E-state index is 11.8. The van der Waals surface area contributed by atoms with Crippen LogP contribution >= 0.6 is 0 Å². The molecule has 5 heteroatoms. The Kier molecular flexibility index (Phi) is 4.16. The molecule has 0 aliphatic carbocycles. The average molecular weight is 283 g/mol. The molecule has 1 heterocycles. The zero-order chi connectivity index (χ0) is 14.0. The number of rotatable bonds is 4. The van der Waals surface area contributed by atoms with Gasteiger partial charge in [-0.25, -0.2) is 8.42 Å². The van der Waals surface area contributed by atoms with Gasteiger partial charge in [0.15, 0.2) is 9.84 Å². The van der Waals surface area contributed by atoms with Gasteiger partial charge in [0.2, 0.25) is 0 Å². The quantitative estimate of drug-likeness (QED) is 0.913. The summed E-state index contributed by atoms with van der Waals surface area (Å²) in [4.78, 5) is 2.53. The minimum atomic E-state index is -3.14. The standard InChI is InChI=1S/C14H21NO3S/c1-3-19(17,18)13-6-4-12(5-7-13)15-9-8-11(2)14(15)10-16/h4-7,11,14,16H,3,8-10H2,1-2H3. The molecule has 2 rings (SSSR count). The fraction of sp³-hybridized carbons (Fsp3) is 0.571. The first-order valence-corrected chi connectivity index (χ1v) is 8.35. The molecule has 4 nitrogen and oxygen atoms in total. The van der Waals surface area contributed by atoms with Crippen LogP contribution in [0.2, 0.25) is 0 Å². The third-order valence-electron chi connectivity index (χ3n) is 3.98. The molecular formula is C14H21NO3S. The van der Waals surface area contributed by atoms with Crippen LogP contribution in [0.3, 0.4) is 0 Å². The van der Waals surface area contributed by atoms with Crippen molar-refractivity contribution in [2.45, 2.75) is 31.2 Å². The molecule has 1 aliphatic rings. The SMILES string of the molecule is CCS(=O)(=O)c1ccc(N2CCC(C)C2CO)cc1. The third-order valence-corrected chi connectivity index (χ3v) is 5.73. The van der Waals surface area contributed by atoms with Crippen LogP contribution in [0.25, 0.3) is 0 Å². The lowest BCUT2D eigenvalue weighted by molar-refractivity contribution is 0.245. The van der Waals surface area contributed by atoms with Gasteiger partial charge >= 0.3 is 0 Å². The lowest BCUT2D eigenvalue weighted by Crippen LogP contribution is -2.35. The second-order valence-corrected chi connectivity index (χ2v) is 7.38. The van der Waals surface area contributed by atoms with Gasteiger partial charge in [-0.1, -0.05) is 13.8 Å². The number of hydrogen-bond acceptors (Lipinski definition) is 4. The second-order valence-electron chi connectivity index (χ2n) is 5.11. The van der Waals surface area contributed by atoms with Gasteiger partial charge in [-0.2, -0.15) is 0 Å². The van der Waals surface area contributed by atoms with E-state index in [0.29, 0.717) is 10.8 Å². The molecule has 2 atom stereocenters. The Morgan fingerprint density at radius 2 is 1.95 bits per heavy atom. The summed E-state index contributed by atoms with van der Waals surface area (Å²) in [5.41, 5.74) is 0.985. The predicted octanol–water partition coefficient (Wildman–Crippen LogP) is 1.69. The maximum Gasteiger partial charge on any atom is 0.178 e. The van der Waals surface area contributed by atoms with Crippen molar-refractivity contribution in [2.24, 2.45) is 5.92 Å². The summed E-state index contributed by atoms with van der Waals surface area (Å²) in [5.74, 6) is 0.580. The van der Waals surface area contributed by atoms with Crippen molar-refractivity contribution in [1.29, 1.82) is 0 Å². The summed E-state index contributed by atoms with van der Waals surface area (Å²) >= 11 is 0. The first kappa shape index (κ1) is 14.3. The highest BCUT2D eigenvalue weighted by Gasteiger charge is 2.30. The summed E-state index contributed by atoms with van der Waals surface area (Å²) in [5, 5.41) is 9.45. The molecule has 1 aliphatic heterocycles. The Labute approximate surface area is 115 Å². The van der Waals surface area contributed by atoms with Crippen LogP contribution in [0.5, 0.6) is 0 Å². The molecule has 1 aromatic rings. The minimum absolute atomic E-state index is 0.117. The van der Waals surface area contributed by atoms with Gasteiger partial charge in [-0.05, 0) is 36.6 Å². The lowest BCUT2D eigenvalue weighted by Gasteiger charge is -2.27. The Bertz CT molecular complexity index is 524. The van der Waals surface area contributed by atoms with Crippen molar-refractivity contribution in [1.82, 2.24) is 0 Å². The first-order valence-electron chi connectivity index (χ1n) is 6.70. The summed E-state index contributed by atoms with van der Waals surface area (Å²) in [6.07, 6.45) is 1.06. The smallest absolute Gasteiger partial charge is 0.178 e. The van der Waals surface area contributed by atoms with Crippen LogP contribution < -0.4 is 4.90 Å². The van der Waals surface area contributed by atoms with Crippen LogP contribution in [0.1, 0.15) is 20.3 Å². The highest BCUT2D eigenvalue weighted by Crippen LogP contribution is 2.30. The highest BCUT2D eigenvalue weighted by molar-refractivity contribution is 7.91. The molecule has 19 heavy (non-hydrogen) atoms. The molecule has 1 aromatic carbocycles. The molecule has 0 amide bonds. The molecule has 0 bridgehead atoms. The Balaban J connectivity index is 2.24. The van der Waals surface area contributed by atoms with E-state index >= 15 is 0 Å². The highest BCUT2D eigenvalue weighted by atomic mass is 32.2. The Hall–Kier alpha value is -1.07. The molecule has 0 spiro atoms. The van der Waals surface area contributed by atoms with E-state index in [1.807, 2.05) is 12.1 Å². The first-order chi connectivity index (χ1) is 8.99. The Morgan fingerprint density at radius 3 is 2.47 bits per heavy atom. The summed E-state index contributed by atoms with van der Waals surface area (Å²) in [6.45, 7) is 4.83. The van der Waals surface area contributed by atoms with Crippen LogP contribution in [0.4, 0.5) is 5.69 Å². The van der Waals surface area contributed by atoms with E-state index < -0.39 is 9.84 Å². The minimum Gasteiger partial charge on any atom is -0.394 e. The number of aliphatic hydroxyl groups is 1. The molecular weight excluding hydrogens is 262 g/mol. The predicted molar refractivity (Wildman–Crippen MR) is 76.2 cm³/mol. The van der Waals surface area contributed by atoms with Gasteiger partial charge < -0.3 is 10.0 Å². The van der Waals surface area contributed by atoms with E-state index in [2.05, 4.69) is 11.8 Å². The zero-order valence-corrected chi connectivity index (χ0v) is 12.2. The summed E-state index contributed by atoms with van der Waals surface area (Å²) in [6, 6.07) is 7.12. The van der Waals surface area contributed by atoms with Crippen molar-refractivity contribution in [2.75, 3.05) is 23.8 Å². The molecule has 0 saturated carbocycles. The number of aliphatic hydroxyl groups excluding tert-OH is 1. The largest absolute Gasteiger partial charge is 0.394 e. The normalized spacial score (nSPS) is 23.8. The van der Waals surface area contributed by atoms with Crippen LogP contribution in [-0.4, -0.2) is 38.5 Å². The number of anilines is 1. The average Bonchev–Trinajstić information content (AvgIpc) is 2.80. The van der Waals surface area contributed by atoms with Crippen molar-refractivity contribution < 1.29 is 13.5 Å². The lowest BCUT2D eigenvalue weighted by atomic mass is 10.0. The van der Waals surface area contributed by atoms with Crippen molar-refractivity contribution >= 4 is 15.5 Å². The van der Waals surface area contributed by atoms with E-state index in [1.54, 1.807) is 19.1 Å².